The first-order valence-corrected chi connectivity index (χ1v) is 5.97. The molecule has 0 aromatic rings. The summed E-state index contributed by atoms with van der Waals surface area (Å²) in [4.78, 5) is 11.3. The molecule has 1 nitrogen and oxygen atoms in total. The maximum Gasteiger partial charge on any atom is 0.133 e. The normalized spacial score (nSPS) is 41.4. The SMILES string of the molecule is O=C1CC2CC(CBr)CC(C1)C2. The van der Waals surface area contributed by atoms with E-state index in [1.807, 2.05) is 0 Å². The fourth-order valence-electron chi connectivity index (χ4n) is 2.89. The zero-order valence-corrected chi connectivity index (χ0v) is 8.85. The van der Waals surface area contributed by atoms with Gasteiger partial charge in [-0.3, -0.25) is 4.79 Å². The summed E-state index contributed by atoms with van der Waals surface area (Å²) in [7, 11) is 0. The van der Waals surface area contributed by atoms with Crippen molar-refractivity contribution in [2.24, 2.45) is 17.8 Å². The van der Waals surface area contributed by atoms with Crippen LogP contribution < -0.4 is 0 Å². The largest absolute Gasteiger partial charge is 0.300 e. The molecular weight excluding hydrogens is 216 g/mol. The summed E-state index contributed by atoms with van der Waals surface area (Å²) in [6.07, 6.45) is 5.65. The lowest BCUT2D eigenvalue weighted by Crippen LogP contribution is -2.31. The van der Waals surface area contributed by atoms with Crippen LogP contribution in [0.5, 0.6) is 0 Å². The van der Waals surface area contributed by atoms with Gasteiger partial charge in [-0.2, -0.15) is 0 Å². The van der Waals surface area contributed by atoms with E-state index in [1.54, 1.807) is 0 Å². The number of ketones is 1. The molecule has 0 N–H and O–H groups in total. The summed E-state index contributed by atoms with van der Waals surface area (Å²) in [5.74, 6) is 2.83. The second-order valence-electron chi connectivity index (χ2n) is 4.41. The van der Waals surface area contributed by atoms with E-state index in [0.29, 0.717) is 5.78 Å². The Kier molecular flexibility index (Phi) is 2.54. The van der Waals surface area contributed by atoms with Crippen LogP contribution in [-0.2, 0) is 4.79 Å². The molecule has 0 spiro atoms. The van der Waals surface area contributed by atoms with Gasteiger partial charge in [0.05, 0.1) is 0 Å². The van der Waals surface area contributed by atoms with Gasteiger partial charge in [-0.1, -0.05) is 15.9 Å². The highest BCUT2D eigenvalue weighted by Crippen LogP contribution is 2.41. The van der Waals surface area contributed by atoms with Crippen LogP contribution in [0.15, 0.2) is 0 Å². The van der Waals surface area contributed by atoms with Gasteiger partial charge in [0.1, 0.15) is 5.78 Å². The first-order valence-electron chi connectivity index (χ1n) is 4.85. The highest BCUT2D eigenvalue weighted by Gasteiger charge is 2.34. The lowest BCUT2D eigenvalue weighted by Gasteiger charge is -2.37. The van der Waals surface area contributed by atoms with Gasteiger partial charge in [0.2, 0.25) is 0 Å². The molecule has 2 heteroatoms. The number of halogens is 1. The molecule has 0 amide bonds. The molecule has 2 unspecified atom stereocenters. The van der Waals surface area contributed by atoms with E-state index in [-0.39, 0.29) is 0 Å². The van der Waals surface area contributed by atoms with E-state index >= 15 is 0 Å². The predicted octanol–water partition coefficient (Wildman–Crippen LogP) is 2.78. The van der Waals surface area contributed by atoms with E-state index in [2.05, 4.69) is 15.9 Å². The van der Waals surface area contributed by atoms with Gasteiger partial charge in [0.15, 0.2) is 0 Å². The molecule has 0 radical (unpaired) electrons. The predicted molar refractivity (Wildman–Crippen MR) is 52.4 cm³/mol. The molecule has 68 valence electrons. The van der Waals surface area contributed by atoms with Crippen LogP contribution >= 0.6 is 15.9 Å². The molecule has 2 rings (SSSR count). The third kappa shape index (κ3) is 1.73. The second kappa shape index (κ2) is 3.49. The van der Waals surface area contributed by atoms with E-state index in [9.17, 15) is 4.79 Å². The van der Waals surface area contributed by atoms with Gasteiger partial charge < -0.3 is 0 Å². The molecule has 2 fully saturated rings. The van der Waals surface area contributed by atoms with Crippen LogP contribution in [0.3, 0.4) is 0 Å². The van der Waals surface area contributed by atoms with E-state index < -0.39 is 0 Å². The number of carbonyl (C=O) groups excluding carboxylic acids is 1. The summed E-state index contributed by atoms with van der Waals surface area (Å²) in [6.45, 7) is 0. The fraction of sp³-hybridized carbons (Fsp3) is 0.900. The Morgan fingerprint density at radius 1 is 1.17 bits per heavy atom. The molecule has 0 aliphatic heterocycles. The Labute approximate surface area is 82.0 Å². The maximum atomic E-state index is 11.3. The Hall–Kier alpha value is 0.150. The van der Waals surface area contributed by atoms with Gasteiger partial charge in [-0.15, -0.1) is 0 Å². The third-order valence-corrected chi connectivity index (χ3v) is 4.17. The first-order chi connectivity index (χ1) is 5.78. The minimum Gasteiger partial charge on any atom is -0.300 e. The second-order valence-corrected chi connectivity index (χ2v) is 5.05. The average molecular weight is 231 g/mol. The molecule has 0 saturated heterocycles. The van der Waals surface area contributed by atoms with Gasteiger partial charge in [-0.05, 0) is 37.0 Å². The van der Waals surface area contributed by atoms with Gasteiger partial charge in [-0.25, -0.2) is 0 Å². The number of fused-ring (bicyclic) bond motifs is 2. The third-order valence-electron chi connectivity index (χ3n) is 3.25. The molecule has 0 aromatic heterocycles. The number of carbonyl (C=O) groups is 1. The summed E-state index contributed by atoms with van der Waals surface area (Å²) >= 11 is 3.55. The van der Waals surface area contributed by atoms with E-state index in [1.165, 1.54) is 19.3 Å². The van der Waals surface area contributed by atoms with Crippen molar-refractivity contribution in [2.45, 2.75) is 32.1 Å². The molecule has 2 atom stereocenters. The molecular formula is C10H15BrO. The van der Waals surface area contributed by atoms with E-state index in [4.69, 9.17) is 0 Å². The zero-order chi connectivity index (χ0) is 8.55. The standard InChI is InChI=1S/C10H15BrO/c11-6-9-2-7-1-8(3-9)5-10(12)4-7/h7-9H,1-6H2. The monoisotopic (exact) mass is 230 g/mol. The van der Waals surface area contributed by atoms with Crippen LogP contribution in [0.25, 0.3) is 0 Å². The van der Waals surface area contributed by atoms with Crippen molar-refractivity contribution in [3.63, 3.8) is 0 Å². The molecule has 2 aliphatic carbocycles. The number of rotatable bonds is 1. The Balaban J connectivity index is 2.00. The Bertz CT molecular complexity index is 174. The maximum absolute atomic E-state index is 11.3. The van der Waals surface area contributed by atoms with Crippen molar-refractivity contribution in [1.29, 1.82) is 0 Å². The van der Waals surface area contributed by atoms with Gasteiger partial charge in [0.25, 0.3) is 0 Å². The van der Waals surface area contributed by atoms with Crippen molar-refractivity contribution in [3.8, 4) is 0 Å². The van der Waals surface area contributed by atoms with Crippen molar-refractivity contribution in [2.75, 3.05) is 5.33 Å². The van der Waals surface area contributed by atoms with E-state index in [0.717, 1.165) is 35.9 Å². The highest BCUT2D eigenvalue weighted by atomic mass is 79.9. The van der Waals surface area contributed by atoms with Crippen LogP contribution in [0.4, 0.5) is 0 Å². The minimum absolute atomic E-state index is 0.518. The molecule has 0 heterocycles. The molecule has 2 bridgehead atoms. The summed E-state index contributed by atoms with van der Waals surface area (Å²) < 4.78 is 0. The molecule has 2 saturated carbocycles. The van der Waals surface area contributed by atoms with Crippen LogP contribution in [0, 0.1) is 17.8 Å². The summed E-state index contributed by atoms with van der Waals surface area (Å²) in [5.41, 5.74) is 0. The summed E-state index contributed by atoms with van der Waals surface area (Å²) in [6, 6.07) is 0. The number of hydrogen-bond acceptors (Lipinski definition) is 1. The fourth-order valence-corrected chi connectivity index (χ4v) is 3.42. The quantitative estimate of drug-likeness (QED) is 0.634. The number of Topliss-reactive ketones (excluding diaryl/α,β-unsaturated/α-hetero) is 1. The number of alkyl halides is 1. The lowest BCUT2D eigenvalue weighted by molar-refractivity contribution is -0.124. The lowest BCUT2D eigenvalue weighted by atomic mass is 9.68. The van der Waals surface area contributed by atoms with Crippen molar-refractivity contribution < 1.29 is 4.79 Å². The molecule has 12 heavy (non-hydrogen) atoms. The topological polar surface area (TPSA) is 17.1 Å². The van der Waals surface area contributed by atoms with Crippen LogP contribution in [-0.4, -0.2) is 11.1 Å². The average Bonchev–Trinajstić information content (AvgIpc) is 2.02. The summed E-state index contributed by atoms with van der Waals surface area (Å²) in [5, 5.41) is 1.13. The van der Waals surface area contributed by atoms with Crippen molar-refractivity contribution in [1.82, 2.24) is 0 Å². The van der Waals surface area contributed by atoms with Gasteiger partial charge in [0, 0.05) is 18.2 Å². The molecule has 2 aliphatic rings. The van der Waals surface area contributed by atoms with Crippen molar-refractivity contribution in [3.05, 3.63) is 0 Å². The molecule has 0 aromatic carbocycles. The van der Waals surface area contributed by atoms with Crippen molar-refractivity contribution >= 4 is 21.7 Å². The Morgan fingerprint density at radius 3 is 2.25 bits per heavy atom. The minimum atomic E-state index is 0.518. The highest BCUT2D eigenvalue weighted by molar-refractivity contribution is 9.09. The van der Waals surface area contributed by atoms with Crippen LogP contribution in [0.2, 0.25) is 0 Å². The smallest absolute Gasteiger partial charge is 0.133 e. The van der Waals surface area contributed by atoms with Gasteiger partial charge >= 0.3 is 0 Å². The first kappa shape index (κ1) is 8.74. The van der Waals surface area contributed by atoms with Crippen LogP contribution in [0.1, 0.15) is 32.1 Å². The Morgan fingerprint density at radius 2 is 1.75 bits per heavy atom. The number of hydrogen-bond donors (Lipinski definition) is 0. The zero-order valence-electron chi connectivity index (χ0n) is 7.26.